The summed E-state index contributed by atoms with van der Waals surface area (Å²) in [5, 5.41) is 0. The van der Waals surface area contributed by atoms with Crippen molar-refractivity contribution in [2.45, 2.75) is 19.8 Å². The van der Waals surface area contributed by atoms with Crippen molar-refractivity contribution in [1.82, 2.24) is 0 Å². The molecule has 0 saturated heterocycles. The van der Waals surface area contributed by atoms with Gasteiger partial charge >= 0.3 is 0 Å². The highest BCUT2D eigenvalue weighted by Crippen LogP contribution is 2.22. The van der Waals surface area contributed by atoms with Gasteiger partial charge in [0.15, 0.2) is 0 Å². The minimum absolute atomic E-state index is 0.521. The minimum atomic E-state index is 0.521. The van der Waals surface area contributed by atoms with Crippen LogP contribution in [0.15, 0.2) is 11.6 Å². The lowest BCUT2D eigenvalue weighted by molar-refractivity contribution is -0.105. The van der Waals surface area contributed by atoms with Crippen molar-refractivity contribution in [3.05, 3.63) is 11.6 Å². The Morgan fingerprint density at radius 2 is 2.62 bits per heavy atom. The lowest BCUT2D eigenvalue weighted by Gasteiger charge is -1.97. The van der Waals surface area contributed by atoms with Gasteiger partial charge in [-0.3, -0.25) is 4.79 Å². The number of aldehydes is 1. The third kappa shape index (κ3) is 0.808. The van der Waals surface area contributed by atoms with Crippen LogP contribution in [0.5, 0.6) is 0 Å². The summed E-state index contributed by atoms with van der Waals surface area (Å²) in [5.74, 6) is 0.521. The molecule has 1 aliphatic carbocycles. The maximum atomic E-state index is 10.1. The summed E-state index contributed by atoms with van der Waals surface area (Å²) in [7, 11) is 0. The third-order valence-corrected chi connectivity index (χ3v) is 1.68. The summed E-state index contributed by atoms with van der Waals surface area (Å²) in [6.07, 6.45) is 5.25. The predicted octanol–water partition coefficient (Wildman–Crippen LogP) is 1.54. The Hall–Kier alpha value is -0.590. The van der Waals surface area contributed by atoms with Gasteiger partial charge < -0.3 is 0 Å². The van der Waals surface area contributed by atoms with Gasteiger partial charge in [0.05, 0.1) is 0 Å². The van der Waals surface area contributed by atoms with Gasteiger partial charge in [0.1, 0.15) is 6.29 Å². The summed E-state index contributed by atoms with van der Waals surface area (Å²) in [6.45, 7) is 2.09. The quantitative estimate of drug-likeness (QED) is 0.468. The van der Waals surface area contributed by atoms with Gasteiger partial charge in [-0.25, -0.2) is 0 Å². The molecule has 1 aliphatic rings. The Morgan fingerprint density at radius 3 is 2.88 bits per heavy atom. The maximum Gasteiger partial charge on any atom is 0.145 e. The zero-order valence-electron chi connectivity index (χ0n) is 5.05. The Kier molecular flexibility index (Phi) is 1.47. The van der Waals surface area contributed by atoms with Crippen molar-refractivity contribution in [2.75, 3.05) is 0 Å². The molecule has 1 rings (SSSR count). The molecule has 0 saturated carbocycles. The lowest BCUT2D eigenvalue weighted by atomic mass is 10.1. The summed E-state index contributed by atoms with van der Waals surface area (Å²) < 4.78 is 0. The fraction of sp³-hybridized carbons (Fsp3) is 0.571. The molecule has 0 aromatic carbocycles. The molecule has 0 aliphatic heterocycles. The summed E-state index contributed by atoms with van der Waals surface area (Å²) in [6, 6.07) is 0. The van der Waals surface area contributed by atoms with E-state index in [0.29, 0.717) is 5.92 Å². The molecular formula is C7H10O. The number of hydrogen-bond donors (Lipinski definition) is 0. The molecule has 0 spiro atoms. The number of carbonyl (C=O) groups is 1. The van der Waals surface area contributed by atoms with Crippen molar-refractivity contribution in [3.8, 4) is 0 Å². The molecular weight excluding hydrogens is 100 g/mol. The Bertz CT molecular complexity index is 124. The second-order valence-electron chi connectivity index (χ2n) is 2.30. The molecule has 0 heterocycles. The highest BCUT2D eigenvalue weighted by atomic mass is 16.1. The van der Waals surface area contributed by atoms with Crippen molar-refractivity contribution in [1.29, 1.82) is 0 Å². The van der Waals surface area contributed by atoms with Gasteiger partial charge in [-0.2, -0.15) is 0 Å². The van der Waals surface area contributed by atoms with E-state index in [2.05, 4.69) is 6.92 Å². The average molecular weight is 110 g/mol. The van der Waals surface area contributed by atoms with Gasteiger partial charge in [-0.05, 0) is 24.3 Å². The minimum Gasteiger partial charge on any atom is -0.298 e. The lowest BCUT2D eigenvalue weighted by Crippen LogP contribution is -1.92. The van der Waals surface area contributed by atoms with E-state index in [1.165, 1.54) is 0 Å². The Labute approximate surface area is 49.4 Å². The van der Waals surface area contributed by atoms with E-state index in [1.54, 1.807) is 0 Å². The maximum absolute atomic E-state index is 10.1. The third-order valence-electron chi connectivity index (χ3n) is 1.68. The van der Waals surface area contributed by atoms with Crippen LogP contribution in [0.3, 0.4) is 0 Å². The summed E-state index contributed by atoms with van der Waals surface area (Å²) in [5.41, 5.74) is 0.991. The van der Waals surface area contributed by atoms with Crippen molar-refractivity contribution < 1.29 is 4.79 Å². The molecule has 0 radical (unpaired) electrons. The standard InChI is InChI=1S/C7H10O/c1-6-3-2-4-7(6)5-8/h4-6H,2-3H2,1H3. The van der Waals surface area contributed by atoms with Crippen LogP contribution in [0, 0.1) is 5.92 Å². The second-order valence-corrected chi connectivity index (χ2v) is 2.30. The normalized spacial score (nSPS) is 27.6. The summed E-state index contributed by atoms with van der Waals surface area (Å²) in [4.78, 5) is 10.1. The highest BCUT2D eigenvalue weighted by molar-refractivity contribution is 5.74. The summed E-state index contributed by atoms with van der Waals surface area (Å²) >= 11 is 0. The molecule has 1 heteroatoms. The SMILES string of the molecule is CC1CCC=C1C=O. The van der Waals surface area contributed by atoms with E-state index in [-0.39, 0.29) is 0 Å². The van der Waals surface area contributed by atoms with Gasteiger partial charge in [0.2, 0.25) is 0 Å². The van der Waals surface area contributed by atoms with E-state index < -0.39 is 0 Å². The van der Waals surface area contributed by atoms with Crippen LogP contribution in [0.25, 0.3) is 0 Å². The van der Waals surface area contributed by atoms with Gasteiger partial charge in [0, 0.05) is 0 Å². The number of carbonyl (C=O) groups excluding carboxylic acids is 1. The zero-order chi connectivity index (χ0) is 5.98. The van der Waals surface area contributed by atoms with Crippen LogP contribution in [-0.2, 0) is 4.79 Å². The molecule has 44 valence electrons. The van der Waals surface area contributed by atoms with E-state index in [1.807, 2.05) is 6.08 Å². The predicted molar refractivity (Wildman–Crippen MR) is 32.5 cm³/mol. The first-order chi connectivity index (χ1) is 3.84. The first kappa shape index (κ1) is 5.54. The molecule has 0 aromatic rings. The van der Waals surface area contributed by atoms with Gasteiger partial charge in [0.25, 0.3) is 0 Å². The fourth-order valence-electron chi connectivity index (χ4n) is 1.03. The molecule has 0 fully saturated rings. The topological polar surface area (TPSA) is 17.1 Å². The van der Waals surface area contributed by atoms with Crippen LogP contribution < -0.4 is 0 Å². The van der Waals surface area contributed by atoms with E-state index >= 15 is 0 Å². The van der Waals surface area contributed by atoms with E-state index in [4.69, 9.17) is 0 Å². The van der Waals surface area contributed by atoms with Crippen LogP contribution in [0.2, 0.25) is 0 Å². The van der Waals surface area contributed by atoms with Gasteiger partial charge in [-0.1, -0.05) is 13.0 Å². The number of hydrogen-bond acceptors (Lipinski definition) is 1. The molecule has 1 nitrogen and oxygen atoms in total. The largest absolute Gasteiger partial charge is 0.298 e. The first-order valence-corrected chi connectivity index (χ1v) is 3.00. The van der Waals surface area contributed by atoms with Crippen LogP contribution in [0.4, 0.5) is 0 Å². The monoisotopic (exact) mass is 110 g/mol. The Morgan fingerprint density at radius 1 is 1.88 bits per heavy atom. The van der Waals surface area contributed by atoms with Crippen molar-refractivity contribution in [3.63, 3.8) is 0 Å². The molecule has 0 bridgehead atoms. The molecule has 1 unspecified atom stereocenters. The van der Waals surface area contributed by atoms with Crippen LogP contribution in [-0.4, -0.2) is 6.29 Å². The van der Waals surface area contributed by atoms with E-state index in [9.17, 15) is 4.79 Å². The van der Waals surface area contributed by atoms with Gasteiger partial charge in [-0.15, -0.1) is 0 Å². The molecule has 8 heavy (non-hydrogen) atoms. The highest BCUT2D eigenvalue weighted by Gasteiger charge is 2.11. The van der Waals surface area contributed by atoms with Crippen LogP contribution >= 0.6 is 0 Å². The average Bonchev–Trinajstić information content (AvgIpc) is 2.14. The Balaban J connectivity index is 2.62. The van der Waals surface area contributed by atoms with Crippen molar-refractivity contribution >= 4 is 6.29 Å². The fourth-order valence-corrected chi connectivity index (χ4v) is 1.03. The second kappa shape index (κ2) is 2.12. The molecule has 0 N–H and O–H groups in total. The van der Waals surface area contributed by atoms with E-state index in [0.717, 1.165) is 24.7 Å². The smallest absolute Gasteiger partial charge is 0.145 e. The van der Waals surface area contributed by atoms with Crippen molar-refractivity contribution in [2.24, 2.45) is 5.92 Å². The molecule has 0 aromatic heterocycles. The number of rotatable bonds is 1. The van der Waals surface area contributed by atoms with Crippen LogP contribution in [0.1, 0.15) is 19.8 Å². The molecule has 0 amide bonds. The molecule has 1 atom stereocenters. The zero-order valence-corrected chi connectivity index (χ0v) is 5.05. The number of allylic oxidation sites excluding steroid dienone is 2. The first-order valence-electron chi connectivity index (χ1n) is 3.00.